The van der Waals surface area contributed by atoms with Gasteiger partial charge >= 0.3 is 6.03 Å². The fourth-order valence-electron chi connectivity index (χ4n) is 2.78. The van der Waals surface area contributed by atoms with Crippen LogP contribution in [0.5, 0.6) is 11.5 Å². The smallest absolute Gasteiger partial charge is 0.335 e. The van der Waals surface area contributed by atoms with E-state index in [1.54, 1.807) is 12.1 Å². The van der Waals surface area contributed by atoms with Gasteiger partial charge in [-0.15, -0.1) is 0 Å². The Labute approximate surface area is 179 Å². The summed E-state index contributed by atoms with van der Waals surface area (Å²) in [5, 5.41) is 2.13. The number of carbonyl (C=O) groups is 3. The van der Waals surface area contributed by atoms with E-state index in [2.05, 4.69) is 27.9 Å². The predicted octanol–water partition coefficient (Wildman–Crippen LogP) is 3.50. The average molecular weight is 510 g/mol. The highest BCUT2D eigenvalue weighted by Crippen LogP contribution is 2.35. The summed E-state index contributed by atoms with van der Waals surface area (Å²) in [4.78, 5) is 38.2. The summed E-state index contributed by atoms with van der Waals surface area (Å²) in [6, 6.07) is 7.26. The first-order chi connectivity index (χ1) is 13.8. The van der Waals surface area contributed by atoms with Crippen molar-refractivity contribution in [2.24, 2.45) is 0 Å². The van der Waals surface area contributed by atoms with Crippen LogP contribution < -0.4 is 19.7 Å². The number of amides is 4. The summed E-state index contributed by atoms with van der Waals surface area (Å²) in [6.45, 7) is 2.22. The van der Waals surface area contributed by atoms with Gasteiger partial charge in [-0.3, -0.25) is 14.9 Å². The number of hydrogen-bond acceptors (Lipinski definition) is 5. The van der Waals surface area contributed by atoms with Gasteiger partial charge in [-0.25, -0.2) is 14.1 Å². The molecule has 1 fully saturated rings. The molecule has 0 atom stereocenters. The van der Waals surface area contributed by atoms with Crippen molar-refractivity contribution in [1.82, 2.24) is 5.32 Å². The van der Waals surface area contributed by atoms with Crippen LogP contribution in [0.25, 0.3) is 6.08 Å². The van der Waals surface area contributed by atoms with Gasteiger partial charge in [0.25, 0.3) is 11.8 Å². The number of imide groups is 2. The predicted molar refractivity (Wildman–Crippen MR) is 112 cm³/mol. The van der Waals surface area contributed by atoms with Crippen molar-refractivity contribution in [3.63, 3.8) is 0 Å². The second kappa shape index (κ2) is 8.60. The first-order valence-electron chi connectivity index (χ1n) is 8.53. The molecule has 0 saturated carbocycles. The maximum Gasteiger partial charge on any atom is 0.335 e. The average Bonchev–Trinajstić information content (AvgIpc) is 2.67. The molecule has 1 saturated heterocycles. The van der Waals surface area contributed by atoms with Gasteiger partial charge in [0, 0.05) is 0 Å². The van der Waals surface area contributed by atoms with E-state index in [9.17, 15) is 18.8 Å². The molecule has 9 heteroatoms. The molecular weight excluding hydrogens is 494 g/mol. The summed E-state index contributed by atoms with van der Waals surface area (Å²) < 4.78 is 24.8. The molecule has 1 N–H and O–H groups in total. The van der Waals surface area contributed by atoms with Crippen LogP contribution in [0.2, 0.25) is 0 Å². The van der Waals surface area contributed by atoms with Crippen LogP contribution in [0, 0.1) is 9.39 Å². The van der Waals surface area contributed by atoms with Gasteiger partial charge in [-0.1, -0.05) is 0 Å². The van der Waals surface area contributed by atoms with E-state index in [0.717, 1.165) is 20.6 Å². The lowest BCUT2D eigenvalue weighted by Gasteiger charge is -2.26. The normalized spacial score (nSPS) is 15.5. The number of rotatable bonds is 5. The number of ether oxygens (including phenoxy) is 2. The second-order valence-electron chi connectivity index (χ2n) is 5.90. The van der Waals surface area contributed by atoms with Crippen molar-refractivity contribution >= 4 is 52.2 Å². The highest BCUT2D eigenvalue weighted by Gasteiger charge is 2.36. The number of urea groups is 1. The standard InChI is InChI=1S/C20H16FIN2O5/c1-3-29-16-10-11(9-15(22)17(16)28-2)8-14-18(25)23-20(27)24(19(14)26)13-6-4-12(21)5-7-13/h4-10H,3H2,1-2H3,(H,23,25,27)/b14-8+. The molecule has 0 spiro atoms. The molecule has 1 heterocycles. The highest BCUT2D eigenvalue weighted by molar-refractivity contribution is 14.1. The van der Waals surface area contributed by atoms with Gasteiger partial charge in [0.05, 0.1) is 23.0 Å². The lowest BCUT2D eigenvalue weighted by atomic mass is 10.1. The minimum atomic E-state index is -0.900. The van der Waals surface area contributed by atoms with Gasteiger partial charge in [0.1, 0.15) is 11.4 Å². The summed E-state index contributed by atoms with van der Waals surface area (Å²) in [6.07, 6.45) is 1.37. The lowest BCUT2D eigenvalue weighted by molar-refractivity contribution is -0.122. The highest BCUT2D eigenvalue weighted by atomic mass is 127. The molecule has 1 aliphatic heterocycles. The van der Waals surface area contributed by atoms with E-state index >= 15 is 0 Å². The third-order valence-corrected chi connectivity index (χ3v) is 4.83. The molecular formula is C20H16FIN2O5. The molecule has 0 bridgehead atoms. The molecule has 2 aromatic rings. The third-order valence-electron chi connectivity index (χ3n) is 4.03. The Morgan fingerprint density at radius 1 is 1.17 bits per heavy atom. The first-order valence-corrected chi connectivity index (χ1v) is 9.61. The largest absolute Gasteiger partial charge is 0.492 e. The van der Waals surface area contributed by atoms with E-state index in [1.807, 2.05) is 6.92 Å². The van der Waals surface area contributed by atoms with Crippen LogP contribution in [-0.4, -0.2) is 31.6 Å². The zero-order valence-electron chi connectivity index (χ0n) is 15.5. The van der Waals surface area contributed by atoms with Crippen molar-refractivity contribution in [1.29, 1.82) is 0 Å². The number of carbonyl (C=O) groups excluding carboxylic acids is 3. The van der Waals surface area contributed by atoms with Crippen LogP contribution in [0.3, 0.4) is 0 Å². The van der Waals surface area contributed by atoms with Gasteiger partial charge in [-0.2, -0.15) is 0 Å². The molecule has 3 rings (SSSR count). The van der Waals surface area contributed by atoms with Gasteiger partial charge in [-0.05, 0) is 77.6 Å². The van der Waals surface area contributed by atoms with Crippen LogP contribution in [0.15, 0.2) is 42.0 Å². The van der Waals surface area contributed by atoms with Crippen molar-refractivity contribution in [3.05, 3.63) is 56.9 Å². The van der Waals surface area contributed by atoms with E-state index in [1.165, 1.54) is 25.3 Å². The zero-order valence-corrected chi connectivity index (χ0v) is 17.7. The third kappa shape index (κ3) is 4.24. The summed E-state index contributed by atoms with van der Waals surface area (Å²) in [7, 11) is 1.52. The Balaban J connectivity index is 2.03. The number of benzene rings is 2. The van der Waals surface area contributed by atoms with Gasteiger partial charge < -0.3 is 9.47 Å². The quantitative estimate of drug-likeness (QED) is 0.378. The molecule has 0 aromatic heterocycles. The van der Waals surface area contributed by atoms with Gasteiger partial charge in [0.15, 0.2) is 11.5 Å². The van der Waals surface area contributed by atoms with E-state index in [-0.39, 0.29) is 11.3 Å². The number of halogens is 2. The van der Waals surface area contributed by atoms with E-state index in [0.29, 0.717) is 23.7 Å². The Morgan fingerprint density at radius 2 is 1.86 bits per heavy atom. The number of hydrogen-bond donors (Lipinski definition) is 1. The molecule has 0 radical (unpaired) electrons. The van der Waals surface area contributed by atoms with Crippen molar-refractivity contribution in [2.45, 2.75) is 6.92 Å². The Morgan fingerprint density at radius 3 is 2.48 bits per heavy atom. The molecule has 150 valence electrons. The first kappa shape index (κ1) is 20.8. The summed E-state index contributed by atoms with van der Waals surface area (Å²) in [5.41, 5.74) is 0.425. The van der Waals surface area contributed by atoms with Crippen molar-refractivity contribution in [3.8, 4) is 11.5 Å². The van der Waals surface area contributed by atoms with Crippen LogP contribution in [0.4, 0.5) is 14.9 Å². The van der Waals surface area contributed by atoms with Crippen LogP contribution in [0.1, 0.15) is 12.5 Å². The number of nitrogens with zero attached hydrogens (tertiary/aromatic N) is 1. The number of anilines is 1. The molecule has 29 heavy (non-hydrogen) atoms. The van der Waals surface area contributed by atoms with Crippen molar-refractivity contribution < 1.29 is 28.2 Å². The Kier molecular flexibility index (Phi) is 6.16. The lowest BCUT2D eigenvalue weighted by Crippen LogP contribution is -2.54. The maximum atomic E-state index is 13.2. The van der Waals surface area contributed by atoms with E-state index < -0.39 is 23.7 Å². The fourth-order valence-corrected chi connectivity index (χ4v) is 3.63. The van der Waals surface area contributed by atoms with Crippen LogP contribution >= 0.6 is 22.6 Å². The number of barbiturate groups is 1. The summed E-state index contributed by atoms with van der Waals surface area (Å²) in [5.74, 6) is -1.14. The Bertz CT molecular complexity index is 1020. The van der Waals surface area contributed by atoms with Crippen LogP contribution in [-0.2, 0) is 9.59 Å². The molecule has 0 unspecified atom stereocenters. The monoisotopic (exact) mass is 510 g/mol. The molecule has 4 amide bonds. The Hall–Kier alpha value is -2.95. The second-order valence-corrected chi connectivity index (χ2v) is 7.06. The molecule has 2 aromatic carbocycles. The minimum absolute atomic E-state index is 0.145. The zero-order chi connectivity index (χ0) is 21.1. The molecule has 1 aliphatic rings. The topological polar surface area (TPSA) is 84.9 Å². The number of nitrogens with one attached hydrogen (secondary N) is 1. The van der Waals surface area contributed by atoms with Crippen molar-refractivity contribution in [2.75, 3.05) is 18.6 Å². The van der Waals surface area contributed by atoms with E-state index in [4.69, 9.17) is 9.47 Å². The van der Waals surface area contributed by atoms with Gasteiger partial charge in [0.2, 0.25) is 0 Å². The maximum absolute atomic E-state index is 13.2. The molecule has 7 nitrogen and oxygen atoms in total. The minimum Gasteiger partial charge on any atom is -0.492 e. The fraction of sp³-hybridized carbons (Fsp3) is 0.150. The number of methoxy groups -OCH3 is 1. The summed E-state index contributed by atoms with van der Waals surface area (Å²) >= 11 is 2.06. The molecule has 0 aliphatic carbocycles. The SMILES string of the molecule is CCOc1cc(/C=C2\C(=O)NC(=O)N(c3ccc(F)cc3)C2=O)cc(I)c1OC.